The normalized spacial score (nSPS) is 14.7. The zero-order valence-corrected chi connectivity index (χ0v) is 12.8. The van der Waals surface area contributed by atoms with Crippen LogP contribution in [0.2, 0.25) is 0 Å². The van der Waals surface area contributed by atoms with Crippen LogP contribution in [0.15, 0.2) is 24.3 Å². The standard InChI is InChI=1S/C16H15F4N3O/c1-23-13(7-12(22-23)9-5-6-9)15(24)21-8-10-3-2-4-11(14(10)17)16(18,19)20/h2-4,7,9H,5-6,8H2,1H3,(H,21,24). The van der Waals surface area contributed by atoms with Gasteiger partial charge in [0.2, 0.25) is 0 Å². The van der Waals surface area contributed by atoms with Crippen LogP contribution in [-0.2, 0) is 19.8 Å². The summed E-state index contributed by atoms with van der Waals surface area (Å²) in [6.07, 6.45) is -2.70. The average Bonchev–Trinajstić information content (AvgIpc) is 3.27. The van der Waals surface area contributed by atoms with Crippen LogP contribution in [0, 0.1) is 5.82 Å². The van der Waals surface area contributed by atoms with Crippen LogP contribution in [0.3, 0.4) is 0 Å². The Morgan fingerprint density at radius 3 is 2.71 bits per heavy atom. The summed E-state index contributed by atoms with van der Waals surface area (Å²) in [5, 5.41) is 6.69. The third-order valence-corrected chi connectivity index (χ3v) is 3.95. The predicted octanol–water partition coefficient (Wildman–Crippen LogP) is 3.39. The third kappa shape index (κ3) is 3.27. The van der Waals surface area contributed by atoms with Gasteiger partial charge in [-0.2, -0.15) is 18.3 Å². The van der Waals surface area contributed by atoms with Crippen molar-refractivity contribution < 1.29 is 22.4 Å². The fraction of sp³-hybridized carbons (Fsp3) is 0.375. The Balaban J connectivity index is 1.73. The highest BCUT2D eigenvalue weighted by Gasteiger charge is 2.34. The van der Waals surface area contributed by atoms with Crippen LogP contribution in [0.4, 0.5) is 17.6 Å². The molecule has 0 unspecified atom stereocenters. The number of benzene rings is 1. The molecule has 0 saturated heterocycles. The molecule has 0 spiro atoms. The lowest BCUT2D eigenvalue weighted by molar-refractivity contribution is -0.140. The van der Waals surface area contributed by atoms with E-state index >= 15 is 0 Å². The zero-order valence-electron chi connectivity index (χ0n) is 12.8. The number of nitrogens with zero attached hydrogens (tertiary/aromatic N) is 2. The van der Waals surface area contributed by atoms with E-state index in [0.29, 0.717) is 17.7 Å². The maximum Gasteiger partial charge on any atom is 0.419 e. The molecule has 1 aromatic carbocycles. The van der Waals surface area contributed by atoms with Gasteiger partial charge < -0.3 is 5.32 Å². The minimum Gasteiger partial charge on any atom is -0.347 e. The molecule has 1 N–H and O–H groups in total. The van der Waals surface area contributed by atoms with E-state index in [9.17, 15) is 22.4 Å². The zero-order chi connectivity index (χ0) is 17.5. The van der Waals surface area contributed by atoms with Gasteiger partial charge in [-0.3, -0.25) is 9.48 Å². The van der Waals surface area contributed by atoms with Crippen molar-refractivity contribution in [2.24, 2.45) is 7.05 Å². The molecule has 2 aromatic rings. The van der Waals surface area contributed by atoms with Gasteiger partial charge in [-0.25, -0.2) is 4.39 Å². The van der Waals surface area contributed by atoms with E-state index in [4.69, 9.17) is 0 Å². The van der Waals surface area contributed by atoms with Gasteiger partial charge in [0, 0.05) is 25.1 Å². The highest BCUT2D eigenvalue weighted by Crippen LogP contribution is 2.39. The average molecular weight is 341 g/mol. The number of amides is 1. The molecule has 1 aromatic heterocycles. The lowest BCUT2D eigenvalue weighted by Crippen LogP contribution is -2.26. The number of carbonyl (C=O) groups is 1. The Hall–Kier alpha value is -2.38. The fourth-order valence-electron chi connectivity index (χ4n) is 2.48. The summed E-state index contributed by atoms with van der Waals surface area (Å²) in [6, 6.07) is 4.66. The first-order chi connectivity index (χ1) is 11.3. The predicted molar refractivity (Wildman–Crippen MR) is 77.8 cm³/mol. The smallest absolute Gasteiger partial charge is 0.347 e. The van der Waals surface area contributed by atoms with Crippen LogP contribution in [0.5, 0.6) is 0 Å². The maximum atomic E-state index is 13.9. The maximum absolute atomic E-state index is 13.9. The molecule has 1 aliphatic carbocycles. The number of aryl methyl sites for hydroxylation is 1. The van der Waals surface area contributed by atoms with Crippen molar-refractivity contribution in [1.29, 1.82) is 0 Å². The Labute approximate surface area is 135 Å². The van der Waals surface area contributed by atoms with E-state index in [1.807, 2.05) is 0 Å². The molecule has 0 atom stereocenters. The van der Waals surface area contributed by atoms with Crippen molar-refractivity contribution in [3.8, 4) is 0 Å². The fourth-order valence-corrected chi connectivity index (χ4v) is 2.48. The minimum absolute atomic E-state index is 0.220. The molecule has 4 nitrogen and oxygen atoms in total. The molecule has 128 valence electrons. The Morgan fingerprint density at radius 1 is 1.38 bits per heavy atom. The largest absolute Gasteiger partial charge is 0.419 e. The number of carbonyl (C=O) groups excluding carboxylic acids is 1. The van der Waals surface area contributed by atoms with E-state index in [2.05, 4.69) is 10.4 Å². The summed E-state index contributed by atoms with van der Waals surface area (Å²) < 4.78 is 53.4. The van der Waals surface area contributed by atoms with Gasteiger partial charge in [0.15, 0.2) is 0 Å². The number of alkyl halides is 3. The van der Waals surface area contributed by atoms with E-state index < -0.39 is 23.5 Å². The second-order valence-corrected chi connectivity index (χ2v) is 5.81. The number of hydrogen-bond donors (Lipinski definition) is 1. The Bertz CT molecular complexity index is 778. The number of nitrogens with one attached hydrogen (secondary N) is 1. The van der Waals surface area contributed by atoms with Crippen molar-refractivity contribution in [3.63, 3.8) is 0 Å². The number of aromatic nitrogens is 2. The molecule has 1 aliphatic rings. The molecule has 1 heterocycles. The molecule has 3 rings (SSSR count). The molecule has 1 fully saturated rings. The topological polar surface area (TPSA) is 46.9 Å². The molecular weight excluding hydrogens is 326 g/mol. The molecule has 0 bridgehead atoms. The monoisotopic (exact) mass is 341 g/mol. The molecule has 0 aliphatic heterocycles. The van der Waals surface area contributed by atoms with Gasteiger partial charge in [0.05, 0.1) is 11.3 Å². The van der Waals surface area contributed by atoms with E-state index in [1.54, 1.807) is 13.1 Å². The highest BCUT2D eigenvalue weighted by molar-refractivity contribution is 5.92. The number of hydrogen-bond acceptors (Lipinski definition) is 2. The number of rotatable bonds is 4. The van der Waals surface area contributed by atoms with Gasteiger partial charge >= 0.3 is 6.18 Å². The molecular formula is C16H15F4N3O. The quantitative estimate of drug-likeness (QED) is 0.867. The SMILES string of the molecule is Cn1nc(C2CC2)cc1C(=O)NCc1cccc(C(F)(F)F)c1F. The van der Waals surface area contributed by atoms with Crippen molar-refractivity contribution in [2.75, 3.05) is 0 Å². The molecule has 8 heteroatoms. The minimum atomic E-state index is -4.77. The van der Waals surface area contributed by atoms with Crippen LogP contribution >= 0.6 is 0 Å². The second-order valence-electron chi connectivity index (χ2n) is 5.81. The summed E-state index contributed by atoms with van der Waals surface area (Å²) in [6.45, 7) is -0.335. The molecule has 1 amide bonds. The molecule has 24 heavy (non-hydrogen) atoms. The summed E-state index contributed by atoms with van der Waals surface area (Å²) >= 11 is 0. The first kappa shape index (κ1) is 16.5. The van der Waals surface area contributed by atoms with Crippen LogP contribution in [0.1, 0.15) is 46.1 Å². The summed E-state index contributed by atoms with van der Waals surface area (Å²) in [5.74, 6) is -1.50. The Kier molecular flexibility index (Phi) is 4.06. The van der Waals surface area contributed by atoms with E-state index in [-0.39, 0.29) is 12.1 Å². The molecule has 1 saturated carbocycles. The van der Waals surface area contributed by atoms with E-state index in [0.717, 1.165) is 24.6 Å². The lowest BCUT2D eigenvalue weighted by Gasteiger charge is -2.11. The first-order valence-electron chi connectivity index (χ1n) is 7.44. The first-order valence-corrected chi connectivity index (χ1v) is 7.44. The van der Waals surface area contributed by atoms with Crippen molar-refractivity contribution in [1.82, 2.24) is 15.1 Å². The van der Waals surface area contributed by atoms with Crippen LogP contribution < -0.4 is 5.32 Å². The van der Waals surface area contributed by atoms with Crippen LogP contribution in [-0.4, -0.2) is 15.7 Å². The summed E-state index contributed by atoms with van der Waals surface area (Å²) in [7, 11) is 1.62. The van der Waals surface area contributed by atoms with Crippen molar-refractivity contribution in [3.05, 3.63) is 52.6 Å². The van der Waals surface area contributed by atoms with Gasteiger partial charge in [-0.1, -0.05) is 12.1 Å². The summed E-state index contributed by atoms with van der Waals surface area (Å²) in [5.41, 5.74) is -0.439. The number of halogens is 4. The molecule has 0 radical (unpaired) electrons. The van der Waals surface area contributed by atoms with Gasteiger partial charge in [-0.05, 0) is 25.0 Å². The summed E-state index contributed by atoms with van der Waals surface area (Å²) in [4.78, 5) is 12.2. The van der Waals surface area contributed by atoms with Crippen molar-refractivity contribution >= 4 is 5.91 Å². The second kappa shape index (κ2) is 5.92. The van der Waals surface area contributed by atoms with Gasteiger partial charge in [0.1, 0.15) is 11.5 Å². The lowest BCUT2D eigenvalue weighted by atomic mass is 10.1. The van der Waals surface area contributed by atoms with E-state index in [1.165, 1.54) is 10.7 Å². The van der Waals surface area contributed by atoms with Gasteiger partial charge in [-0.15, -0.1) is 0 Å². The Morgan fingerprint density at radius 2 is 2.08 bits per heavy atom. The van der Waals surface area contributed by atoms with Crippen LogP contribution in [0.25, 0.3) is 0 Å². The highest BCUT2D eigenvalue weighted by atomic mass is 19.4. The van der Waals surface area contributed by atoms with Gasteiger partial charge in [0.25, 0.3) is 5.91 Å². The third-order valence-electron chi connectivity index (χ3n) is 3.95. The van der Waals surface area contributed by atoms with Crippen molar-refractivity contribution in [2.45, 2.75) is 31.5 Å².